The zero-order chi connectivity index (χ0) is 8.27. The normalized spacial score (nSPS) is 15.7. The maximum Gasteiger partial charge on any atom is 0.241 e. The molecule has 0 bridgehead atoms. The third-order valence-electron chi connectivity index (χ3n) is 1.59. The number of hydrazine groups is 1. The van der Waals surface area contributed by atoms with Crippen molar-refractivity contribution < 1.29 is 4.79 Å². The first-order chi connectivity index (χ1) is 5.24. The summed E-state index contributed by atoms with van der Waals surface area (Å²) in [4.78, 5) is 11.7. The van der Waals surface area contributed by atoms with Gasteiger partial charge < -0.3 is 0 Å². The van der Waals surface area contributed by atoms with E-state index in [0.29, 0.717) is 4.99 Å². The molecule has 62 valence electrons. The topological polar surface area (TPSA) is 41.1 Å². The van der Waals surface area contributed by atoms with Gasteiger partial charge in [-0.05, 0) is 19.3 Å². The van der Waals surface area contributed by atoms with Crippen LogP contribution in [0.1, 0.15) is 26.2 Å². The highest BCUT2D eigenvalue weighted by Gasteiger charge is 2.29. The first-order valence-corrected chi connectivity index (χ1v) is 4.23. The standard InChI is InChI=1S/C7H12N2OS/c1-2-6(11)8-9-7(10)5-3-4-5/h5H,2-4H2,1H3,(H,8,11)(H,9,10). The molecule has 0 aromatic heterocycles. The molecular weight excluding hydrogens is 160 g/mol. The third-order valence-corrected chi connectivity index (χ3v) is 1.99. The van der Waals surface area contributed by atoms with Crippen LogP contribution in [0.2, 0.25) is 0 Å². The minimum atomic E-state index is 0.0702. The molecule has 0 unspecified atom stereocenters. The van der Waals surface area contributed by atoms with Gasteiger partial charge in [0.05, 0.1) is 4.99 Å². The van der Waals surface area contributed by atoms with E-state index in [4.69, 9.17) is 12.2 Å². The van der Waals surface area contributed by atoms with Crippen LogP contribution in [-0.4, -0.2) is 10.9 Å². The molecule has 0 saturated heterocycles. The minimum absolute atomic E-state index is 0.0702. The molecule has 2 N–H and O–H groups in total. The number of nitrogens with one attached hydrogen (secondary N) is 2. The van der Waals surface area contributed by atoms with Gasteiger partial charge in [-0.3, -0.25) is 15.6 Å². The summed E-state index contributed by atoms with van der Waals surface area (Å²) < 4.78 is 0. The molecule has 4 heteroatoms. The number of rotatable bonds is 2. The van der Waals surface area contributed by atoms with Gasteiger partial charge in [0.1, 0.15) is 0 Å². The predicted octanol–water partition coefficient (Wildman–Crippen LogP) is 0.755. The van der Waals surface area contributed by atoms with E-state index in [0.717, 1.165) is 19.3 Å². The molecule has 1 fully saturated rings. The number of carbonyl (C=O) groups is 1. The second-order valence-corrected chi connectivity index (χ2v) is 3.16. The maximum atomic E-state index is 11.0. The fraction of sp³-hybridized carbons (Fsp3) is 0.714. The lowest BCUT2D eigenvalue weighted by Crippen LogP contribution is -2.41. The van der Waals surface area contributed by atoms with Crippen molar-refractivity contribution in [2.45, 2.75) is 26.2 Å². The zero-order valence-electron chi connectivity index (χ0n) is 6.52. The number of hydrogen-bond donors (Lipinski definition) is 2. The van der Waals surface area contributed by atoms with Crippen LogP contribution >= 0.6 is 12.2 Å². The highest BCUT2D eigenvalue weighted by atomic mass is 32.1. The average molecular weight is 172 g/mol. The van der Waals surface area contributed by atoms with Crippen molar-refractivity contribution in [1.82, 2.24) is 10.9 Å². The first-order valence-electron chi connectivity index (χ1n) is 3.82. The summed E-state index contributed by atoms with van der Waals surface area (Å²) in [5.74, 6) is 0.308. The molecule has 11 heavy (non-hydrogen) atoms. The lowest BCUT2D eigenvalue weighted by Gasteiger charge is -2.06. The first kappa shape index (κ1) is 8.46. The van der Waals surface area contributed by atoms with E-state index >= 15 is 0 Å². The largest absolute Gasteiger partial charge is 0.292 e. The van der Waals surface area contributed by atoms with E-state index in [1.165, 1.54) is 0 Å². The van der Waals surface area contributed by atoms with Gasteiger partial charge in [-0.25, -0.2) is 0 Å². The summed E-state index contributed by atoms with van der Waals surface area (Å²) in [5, 5.41) is 0. The van der Waals surface area contributed by atoms with E-state index in [1.807, 2.05) is 6.92 Å². The molecule has 1 aliphatic carbocycles. The summed E-state index contributed by atoms with van der Waals surface area (Å²) in [6.07, 6.45) is 2.80. The van der Waals surface area contributed by atoms with Gasteiger partial charge in [0.15, 0.2) is 0 Å². The average Bonchev–Trinajstić information content (AvgIpc) is 2.81. The smallest absolute Gasteiger partial charge is 0.241 e. The monoisotopic (exact) mass is 172 g/mol. The SMILES string of the molecule is CCC(=S)NNC(=O)C1CC1. The molecular formula is C7H12N2OS. The molecule has 0 aromatic rings. The number of hydrogen-bond acceptors (Lipinski definition) is 2. The molecule has 0 aromatic carbocycles. The number of carbonyl (C=O) groups excluding carboxylic acids is 1. The summed E-state index contributed by atoms with van der Waals surface area (Å²) in [6.45, 7) is 1.94. The summed E-state index contributed by atoms with van der Waals surface area (Å²) >= 11 is 4.85. The third kappa shape index (κ3) is 2.84. The van der Waals surface area contributed by atoms with Crippen molar-refractivity contribution in [3.8, 4) is 0 Å². The zero-order valence-corrected chi connectivity index (χ0v) is 7.33. The Morgan fingerprint density at radius 3 is 2.64 bits per heavy atom. The Morgan fingerprint density at radius 2 is 2.18 bits per heavy atom. The molecule has 1 amide bonds. The van der Waals surface area contributed by atoms with Crippen LogP contribution in [0.25, 0.3) is 0 Å². The van der Waals surface area contributed by atoms with Gasteiger partial charge in [-0.1, -0.05) is 19.1 Å². The van der Waals surface area contributed by atoms with E-state index in [2.05, 4.69) is 10.9 Å². The fourth-order valence-electron chi connectivity index (χ4n) is 0.667. The molecule has 1 saturated carbocycles. The van der Waals surface area contributed by atoms with E-state index in [-0.39, 0.29) is 11.8 Å². The maximum absolute atomic E-state index is 11.0. The van der Waals surface area contributed by atoms with E-state index in [1.54, 1.807) is 0 Å². The summed E-state index contributed by atoms with van der Waals surface area (Å²) in [7, 11) is 0. The van der Waals surface area contributed by atoms with Crippen LogP contribution in [0.15, 0.2) is 0 Å². The number of amides is 1. The van der Waals surface area contributed by atoms with Crippen LogP contribution in [0.3, 0.4) is 0 Å². The van der Waals surface area contributed by atoms with Gasteiger partial charge >= 0.3 is 0 Å². The molecule has 3 nitrogen and oxygen atoms in total. The van der Waals surface area contributed by atoms with Crippen molar-refractivity contribution in [2.24, 2.45) is 5.92 Å². The van der Waals surface area contributed by atoms with Crippen molar-refractivity contribution in [3.63, 3.8) is 0 Å². The Kier molecular flexibility index (Phi) is 2.82. The van der Waals surface area contributed by atoms with Gasteiger partial charge in [0, 0.05) is 5.92 Å². The van der Waals surface area contributed by atoms with Crippen LogP contribution in [-0.2, 0) is 4.79 Å². The van der Waals surface area contributed by atoms with Crippen LogP contribution in [0.5, 0.6) is 0 Å². The lowest BCUT2D eigenvalue weighted by molar-refractivity contribution is -0.122. The Bertz CT molecular complexity index is 177. The van der Waals surface area contributed by atoms with E-state index < -0.39 is 0 Å². The second-order valence-electron chi connectivity index (χ2n) is 2.67. The van der Waals surface area contributed by atoms with E-state index in [9.17, 15) is 4.79 Å². The van der Waals surface area contributed by atoms with Crippen LogP contribution in [0.4, 0.5) is 0 Å². The van der Waals surface area contributed by atoms with Gasteiger partial charge in [0.25, 0.3) is 0 Å². The summed E-state index contributed by atoms with van der Waals surface area (Å²) in [6, 6.07) is 0. The molecule has 0 spiro atoms. The minimum Gasteiger partial charge on any atom is -0.292 e. The lowest BCUT2D eigenvalue weighted by atomic mass is 10.4. The fourth-order valence-corrected chi connectivity index (χ4v) is 0.718. The Hall–Kier alpha value is -0.640. The molecule has 0 atom stereocenters. The molecule has 1 aliphatic rings. The summed E-state index contributed by atoms with van der Waals surface area (Å²) in [5.41, 5.74) is 5.25. The van der Waals surface area contributed by atoms with Crippen molar-refractivity contribution in [2.75, 3.05) is 0 Å². The Labute approximate surface area is 71.5 Å². The number of thiocarbonyl (C=S) groups is 1. The molecule has 1 rings (SSSR count). The molecule has 0 heterocycles. The molecule has 0 aliphatic heterocycles. The highest BCUT2D eigenvalue weighted by Crippen LogP contribution is 2.28. The van der Waals surface area contributed by atoms with Crippen LogP contribution in [0, 0.1) is 5.92 Å². The van der Waals surface area contributed by atoms with Gasteiger partial charge in [0.2, 0.25) is 5.91 Å². The van der Waals surface area contributed by atoms with Crippen LogP contribution < -0.4 is 10.9 Å². The second kappa shape index (κ2) is 3.67. The predicted molar refractivity (Wildman–Crippen MR) is 46.9 cm³/mol. The highest BCUT2D eigenvalue weighted by molar-refractivity contribution is 7.80. The van der Waals surface area contributed by atoms with Crippen molar-refractivity contribution in [1.29, 1.82) is 0 Å². The van der Waals surface area contributed by atoms with Gasteiger partial charge in [-0.2, -0.15) is 0 Å². The van der Waals surface area contributed by atoms with Crippen molar-refractivity contribution >= 4 is 23.1 Å². The quantitative estimate of drug-likeness (QED) is 0.477. The molecule has 0 radical (unpaired) electrons. The Morgan fingerprint density at radius 1 is 1.55 bits per heavy atom. The van der Waals surface area contributed by atoms with Gasteiger partial charge in [-0.15, -0.1) is 0 Å². The van der Waals surface area contributed by atoms with Crippen molar-refractivity contribution in [3.05, 3.63) is 0 Å². The Balaban J connectivity index is 2.10.